The molecular weight excluding hydrogens is 1100 g/mol. The van der Waals surface area contributed by atoms with Crippen LogP contribution in [0, 0.1) is 39.9 Å². The third kappa shape index (κ3) is 14.4. The Morgan fingerprint density at radius 1 is 0.585 bits per heavy atom. The molecule has 0 aromatic heterocycles. The Kier molecular flexibility index (Phi) is 21.5. The van der Waals surface area contributed by atoms with Gasteiger partial charge in [-0.25, -0.2) is 17.2 Å². The van der Waals surface area contributed by atoms with Crippen LogP contribution in [0.5, 0.6) is 0 Å². The molecule has 0 spiro atoms. The van der Waals surface area contributed by atoms with Crippen molar-refractivity contribution >= 4 is 39.7 Å². The number of piperazine rings is 1. The molecule has 2 saturated heterocycles. The number of halogens is 15. The monoisotopic (exact) mass is 1140 g/mol. The molecule has 2 fully saturated rings. The van der Waals surface area contributed by atoms with Crippen LogP contribution in [-0.2, 0) is 34.0 Å². The summed E-state index contributed by atoms with van der Waals surface area (Å²) in [6.07, 6.45) is -20.4. The summed E-state index contributed by atoms with van der Waals surface area (Å²) in [5.74, 6) is -37.3. The van der Waals surface area contributed by atoms with Crippen LogP contribution in [0.2, 0.25) is 0 Å². The third-order valence-electron chi connectivity index (χ3n) is 10.0. The molecule has 17 nitrogen and oxygen atoms in total. The second-order valence-corrected chi connectivity index (χ2v) is 16.4. The molecule has 2 amide bonds. The maximum Gasteiger partial charge on any atom is 3.00 e. The Balaban J connectivity index is 0.0000211. The summed E-state index contributed by atoms with van der Waals surface area (Å²) in [6, 6.07) is -1.20. The van der Waals surface area contributed by atoms with E-state index in [1.165, 1.54) is 26.5 Å². The Labute approximate surface area is 390 Å². The zero-order chi connectivity index (χ0) is 49.6. The molecule has 1 radical (unpaired) electrons. The number of carboxylic acid groups (broad SMARTS) is 3. The van der Waals surface area contributed by atoms with Crippen LogP contribution >= 0.6 is 0 Å². The average molecular weight is 1140 g/mol. The maximum absolute atomic E-state index is 14.8. The molecule has 34 heteroatoms. The summed E-state index contributed by atoms with van der Waals surface area (Å²) in [7, 11) is -7.28. The first kappa shape index (κ1) is 60.4. The average Bonchev–Trinajstić information content (AvgIpc) is 3.17. The first-order chi connectivity index (χ1) is 29.0. The van der Waals surface area contributed by atoms with Crippen LogP contribution < -0.4 is 20.6 Å². The van der Waals surface area contributed by atoms with Gasteiger partial charge in [-0.3, -0.25) is 29.2 Å². The van der Waals surface area contributed by atoms with Crippen LogP contribution in [0.4, 0.5) is 65.9 Å². The van der Waals surface area contributed by atoms with E-state index in [1.807, 2.05) is 0 Å². The molecular formula is C31H39F15GdN7O10S. The number of hydrogen-bond acceptors (Lipinski definition) is 14. The van der Waals surface area contributed by atoms with Crippen molar-refractivity contribution in [2.45, 2.75) is 60.4 Å². The van der Waals surface area contributed by atoms with E-state index in [0.717, 1.165) is 0 Å². The quantitative estimate of drug-likeness (QED) is 0.134. The summed E-state index contributed by atoms with van der Waals surface area (Å²) in [4.78, 5) is 66.1. The smallest absolute Gasteiger partial charge is 0.549 e. The van der Waals surface area contributed by atoms with Crippen molar-refractivity contribution in [2.24, 2.45) is 0 Å². The molecule has 2 aliphatic rings. The Bertz CT molecular complexity index is 1750. The number of sulfonamides is 1. The normalized spacial score (nSPS) is 20.1. The van der Waals surface area contributed by atoms with Gasteiger partial charge < -0.3 is 39.9 Å². The van der Waals surface area contributed by atoms with Gasteiger partial charge in [-0.2, -0.15) is 61.4 Å². The molecule has 2 heterocycles. The van der Waals surface area contributed by atoms with E-state index < -0.39 is 150 Å². The Hall–Kier alpha value is -2.63. The van der Waals surface area contributed by atoms with Crippen LogP contribution in [0.15, 0.2) is 0 Å². The van der Waals surface area contributed by atoms with Crippen molar-refractivity contribution in [1.82, 2.24) is 34.1 Å². The van der Waals surface area contributed by atoms with Crippen LogP contribution in [-0.4, -0.2) is 225 Å². The van der Waals surface area contributed by atoms with Gasteiger partial charge >= 0.3 is 75.1 Å². The number of nitrogens with zero attached hydrogens (tertiary/aromatic N) is 6. The second kappa shape index (κ2) is 23.1. The van der Waals surface area contributed by atoms with Crippen molar-refractivity contribution in [1.29, 1.82) is 0 Å². The molecule has 65 heavy (non-hydrogen) atoms. The maximum atomic E-state index is 14.8. The molecule has 377 valence electrons. The molecule has 0 aromatic carbocycles. The standard InChI is InChI=1S/C31H42F15N7O10S.Gd/c1-18(51-8-6-49(16-21(57)58)4-2-48(15-20(55)56)3-5-50(7-9-51)17-22(59)60)23(61)47-14-19(54)52-10-12-53(13-11-52)64(62,63)31(45,46)29(40,41)27(36,37)24(32)26(34,35)25(33)28(38,39)30(42,43)44;/h18,24-25H,2-17H2,1H3,(H,47,61)(H,55,56)(H,57,58)(H,59,60);/q;+3/p-3. The zero-order valence-corrected chi connectivity index (χ0v) is 36.3. The van der Waals surface area contributed by atoms with Crippen molar-refractivity contribution in [3.63, 3.8) is 0 Å². The largest absolute Gasteiger partial charge is 3.00 e. The summed E-state index contributed by atoms with van der Waals surface area (Å²) in [5.41, 5.74) is 0. The number of nitrogens with one attached hydrogen (secondary N) is 1. The summed E-state index contributed by atoms with van der Waals surface area (Å²) in [6.45, 7) is -7.16. The van der Waals surface area contributed by atoms with E-state index in [2.05, 4.69) is 5.32 Å². The molecule has 0 aromatic rings. The minimum Gasteiger partial charge on any atom is -0.549 e. The van der Waals surface area contributed by atoms with E-state index in [1.54, 1.807) is 0 Å². The molecule has 0 saturated carbocycles. The number of carbonyl (C=O) groups excluding carboxylic acids is 5. The fourth-order valence-electron chi connectivity index (χ4n) is 6.16. The second-order valence-electron chi connectivity index (χ2n) is 14.4. The summed E-state index contributed by atoms with van der Waals surface area (Å²) >= 11 is 0. The number of carbonyl (C=O) groups is 5. The van der Waals surface area contributed by atoms with Crippen molar-refractivity contribution < 1.29 is 154 Å². The molecule has 2 aliphatic heterocycles. The van der Waals surface area contributed by atoms with Crippen molar-refractivity contribution in [3.05, 3.63) is 0 Å². The Morgan fingerprint density at radius 2 is 0.938 bits per heavy atom. The van der Waals surface area contributed by atoms with Gasteiger partial charge in [-0.1, -0.05) is 0 Å². The molecule has 0 aliphatic carbocycles. The van der Waals surface area contributed by atoms with Gasteiger partial charge in [-0.05, 0) is 6.92 Å². The number of aliphatic carboxylic acids is 3. The van der Waals surface area contributed by atoms with Gasteiger partial charge in [0.2, 0.25) is 24.2 Å². The number of carboxylic acids is 3. The van der Waals surface area contributed by atoms with E-state index in [0.29, 0.717) is 4.90 Å². The SMILES string of the molecule is CC(C(=O)NCC(=O)N1CCN(S(=O)(=O)C(F)(F)C(F)(F)C(F)(F)C(F)C(F)(F)C(F)C(F)(F)C(F)(F)F)CC1)N1CCN(CC(=O)[O-])CCN(CC(=O)[O-])CCN(CC(=O)[O-])CC1.[Gd+3]. The number of alkyl halides is 15. The van der Waals surface area contributed by atoms with Crippen molar-refractivity contribution in [2.75, 3.05) is 105 Å². The Morgan fingerprint density at radius 3 is 1.29 bits per heavy atom. The fraction of sp³-hybridized carbons (Fsp3) is 0.839. The molecule has 0 bridgehead atoms. The van der Waals surface area contributed by atoms with Gasteiger partial charge in [0.15, 0.2) is 0 Å². The first-order valence-corrected chi connectivity index (χ1v) is 19.7. The predicted molar refractivity (Wildman–Crippen MR) is 176 cm³/mol. The molecule has 2 rings (SSSR count). The first-order valence-electron chi connectivity index (χ1n) is 18.3. The van der Waals surface area contributed by atoms with E-state index >= 15 is 0 Å². The van der Waals surface area contributed by atoms with Crippen molar-refractivity contribution in [3.8, 4) is 0 Å². The van der Waals surface area contributed by atoms with Gasteiger partial charge in [-0.15, -0.1) is 0 Å². The summed E-state index contributed by atoms with van der Waals surface area (Å²) in [5, 5.41) is 28.8. The predicted octanol–water partition coefficient (Wildman–Crippen LogP) is -3.19. The zero-order valence-electron chi connectivity index (χ0n) is 33.2. The van der Waals surface area contributed by atoms with E-state index in [4.69, 9.17) is 0 Å². The summed E-state index contributed by atoms with van der Waals surface area (Å²) < 4.78 is 230. The fourth-order valence-corrected chi connectivity index (χ4v) is 7.59. The van der Waals surface area contributed by atoms with Gasteiger partial charge in [0, 0.05) is 98.2 Å². The minimum atomic E-state index is -7.91. The third-order valence-corrected chi connectivity index (χ3v) is 12.0. The molecule has 3 atom stereocenters. The van der Waals surface area contributed by atoms with Gasteiger partial charge in [0.05, 0.1) is 30.5 Å². The number of amides is 2. The van der Waals surface area contributed by atoms with Crippen LogP contribution in [0.3, 0.4) is 0 Å². The topological polar surface area (TPSA) is 220 Å². The van der Waals surface area contributed by atoms with Gasteiger partial charge in [0.1, 0.15) is 0 Å². The van der Waals surface area contributed by atoms with E-state index in [9.17, 15) is 114 Å². The minimum absolute atomic E-state index is 0. The van der Waals surface area contributed by atoms with Crippen LogP contribution in [0.1, 0.15) is 6.92 Å². The van der Waals surface area contributed by atoms with Crippen LogP contribution in [0.25, 0.3) is 0 Å². The molecule has 3 unspecified atom stereocenters. The number of rotatable bonds is 18. The van der Waals surface area contributed by atoms with E-state index in [-0.39, 0.29) is 92.3 Å². The number of hydrogen-bond donors (Lipinski definition) is 1. The van der Waals surface area contributed by atoms with Gasteiger partial charge in [0.25, 0.3) is 10.0 Å². The molecule has 1 N–H and O–H groups in total.